The van der Waals surface area contributed by atoms with E-state index in [2.05, 4.69) is 22.3 Å². The van der Waals surface area contributed by atoms with Crippen LogP contribution in [0.1, 0.15) is 31.7 Å². The highest BCUT2D eigenvalue weighted by atomic mass is 16.5. The molecule has 0 saturated carbocycles. The van der Waals surface area contributed by atoms with Crippen LogP contribution in [0.4, 0.5) is 11.4 Å². The monoisotopic (exact) mass is 338 g/mol. The quantitative estimate of drug-likeness (QED) is 0.879. The number of carbonyl (C=O) groups excluding carboxylic acids is 1. The first-order valence-electron chi connectivity index (χ1n) is 9.01. The second kappa shape index (κ2) is 8.06. The number of amides is 1. The summed E-state index contributed by atoms with van der Waals surface area (Å²) in [6, 6.07) is 15.8. The highest BCUT2D eigenvalue weighted by Gasteiger charge is 2.15. The fraction of sp³-hybridized carbons (Fsp3) is 0.381. The standard InChI is InChI=1S/C21H26N2O2/c1-16-7-6-8-20(15-16)25-17(2)21(24)22-18-9-11-19(12-10-18)23-13-4-3-5-14-23/h6-12,15,17H,3-5,13-14H2,1-2H3,(H,22,24)/t17-/m1/s1. The number of nitrogens with zero attached hydrogens (tertiary/aromatic N) is 1. The molecule has 0 spiro atoms. The Hall–Kier alpha value is -2.49. The van der Waals surface area contributed by atoms with Crippen LogP contribution in [0.5, 0.6) is 5.75 Å². The third-order valence-electron chi connectivity index (χ3n) is 4.53. The van der Waals surface area contributed by atoms with E-state index in [0.29, 0.717) is 5.75 Å². The van der Waals surface area contributed by atoms with Crippen molar-refractivity contribution in [2.45, 2.75) is 39.2 Å². The molecule has 2 aromatic carbocycles. The highest BCUT2D eigenvalue weighted by molar-refractivity contribution is 5.94. The maximum atomic E-state index is 12.3. The Labute approximate surface area is 149 Å². The van der Waals surface area contributed by atoms with Gasteiger partial charge < -0.3 is 15.0 Å². The summed E-state index contributed by atoms with van der Waals surface area (Å²) >= 11 is 0. The van der Waals surface area contributed by atoms with E-state index in [4.69, 9.17) is 4.74 Å². The third-order valence-corrected chi connectivity index (χ3v) is 4.53. The van der Waals surface area contributed by atoms with Crippen molar-refractivity contribution in [1.29, 1.82) is 0 Å². The molecule has 0 unspecified atom stereocenters. The van der Waals surface area contributed by atoms with Crippen LogP contribution in [0.25, 0.3) is 0 Å². The number of ether oxygens (including phenoxy) is 1. The largest absolute Gasteiger partial charge is 0.481 e. The highest BCUT2D eigenvalue weighted by Crippen LogP contribution is 2.22. The molecule has 1 heterocycles. The van der Waals surface area contributed by atoms with Crippen molar-refractivity contribution in [3.63, 3.8) is 0 Å². The molecule has 3 rings (SSSR count). The molecule has 4 heteroatoms. The van der Waals surface area contributed by atoms with Crippen LogP contribution in [0.15, 0.2) is 48.5 Å². The zero-order valence-electron chi connectivity index (χ0n) is 15.0. The van der Waals surface area contributed by atoms with Gasteiger partial charge in [-0.05, 0) is 75.1 Å². The molecule has 1 saturated heterocycles. The zero-order valence-corrected chi connectivity index (χ0v) is 15.0. The number of hydrogen-bond acceptors (Lipinski definition) is 3. The van der Waals surface area contributed by atoms with Gasteiger partial charge in [0.1, 0.15) is 5.75 Å². The lowest BCUT2D eigenvalue weighted by Gasteiger charge is -2.28. The van der Waals surface area contributed by atoms with Crippen molar-refractivity contribution < 1.29 is 9.53 Å². The molecule has 1 amide bonds. The van der Waals surface area contributed by atoms with Gasteiger partial charge in [0.15, 0.2) is 6.10 Å². The van der Waals surface area contributed by atoms with E-state index in [-0.39, 0.29) is 5.91 Å². The Morgan fingerprint density at radius 2 is 1.80 bits per heavy atom. The Morgan fingerprint density at radius 3 is 2.48 bits per heavy atom. The predicted molar refractivity (Wildman–Crippen MR) is 102 cm³/mol. The van der Waals surface area contributed by atoms with E-state index in [0.717, 1.165) is 24.3 Å². The molecule has 132 valence electrons. The normalized spacial score (nSPS) is 15.5. The first kappa shape index (κ1) is 17.3. The van der Waals surface area contributed by atoms with Crippen LogP contribution < -0.4 is 15.0 Å². The molecule has 2 aromatic rings. The maximum absolute atomic E-state index is 12.3. The van der Waals surface area contributed by atoms with Crippen LogP contribution >= 0.6 is 0 Å². The lowest BCUT2D eigenvalue weighted by molar-refractivity contribution is -0.122. The van der Waals surface area contributed by atoms with E-state index >= 15 is 0 Å². The van der Waals surface area contributed by atoms with Gasteiger partial charge in [0.25, 0.3) is 5.91 Å². The van der Waals surface area contributed by atoms with Crippen molar-refractivity contribution in [3.8, 4) is 5.75 Å². The summed E-state index contributed by atoms with van der Waals surface area (Å²) in [5.41, 5.74) is 3.13. The summed E-state index contributed by atoms with van der Waals surface area (Å²) in [6.07, 6.45) is 3.28. The van der Waals surface area contributed by atoms with Crippen LogP contribution in [0.2, 0.25) is 0 Å². The molecule has 0 aliphatic carbocycles. The molecular weight excluding hydrogens is 312 g/mol. The molecule has 25 heavy (non-hydrogen) atoms. The van der Waals surface area contributed by atoms with Crippen LogP contribution in [0.3, 0.4) is 0 Å². The van der Waals surface area contributed by atoms with Crippen LogP contribution in [-0.2, 0) is 4.79 Å². The summed E-state index contributed by atoms with van der Waals surface area (Å²) in [5.74, 6) is 0.565. The molecule has 0 aromatic heterocycles. The van der Waals surface area contributed by atoms with Gasteiger partial charge in [-0.25, -0.2) is 0 Å². The smallest absolute Gasteiger partial charge is 0.265 e. The lowest BCUT2D eigenvalue weighted by atomic mass is 10.1. The zero-order chi connectivity index (χ0) is 17.6. The molecule has 0 bridgehead atoms. The van der Waals surface area contributed by atoms with Crippen molar-refractivity contribution in [1.82, 2.24) is 0 Å². The van der Waals surface area contributed by atoms with Crippen molar-refractivity contribution in [2.75, 3.05) is 23.3 Å². The molecule has 0 radical (unpaired) electrons. The number of carbonyl (C=O) groups is 1. The Bertz CT molecular complexity index is 706. The minimum Gasteiger partial charge on any atom is -0.481 e. The van der Waals surface area contributed by atoms with Crippen LogP contribution in [0, 0.1) is 6.92 Å². The minimum absolute atomic E-state index is 0.146. The van der Waals surface area contributed by atoms with E-state index in [9.17, 15) is 4.79 Å². The fourth-order valence-electron chi connectivity index (χ4n) is 3.10. The Kier molecular flexibility index (Phi) is 5.59. The number of piperidine rings is 1. The average molecular weight is 338 g/mol. The topological polar surface area (TPSA) is 41.6 Å². The fourth-order valence-corrected chi connectivity index (χ4v) is 3.10. The Balaban J connectivity index is 1.56. The Morgan fingerprint density at radius 1 is 1.08 bits per heavy atom. The van der Waals surface area contributed by atoms with E-state index in [1.165, 1.54) is 24.9 Å². The minimum atomic E-state index is -0.552. The molecule has 4 nitrogen and oxygen atoms in total. The number of hydrogen-bond donors (Lipinski definition) is 1. The van der Waals surface area contributed by atoms with Gasteiger partial charge in [0, 0.05) is 24.5 Å². The van der Waals surface area contributed by atoms with Crippen molar-refractivity contribution in [2.24, 2.45) is 0 Å². The van der Waals surface area contributed by atoms with Gasteiger partial charge in [-0.15, -0.1) is 0 Å². The van der Waals surface area contributed by atoms with E-state index in [1.807, 2.05) is 43.3 Å². The molecule has 1 aliphatic heterocycles. The number of rotatable bonds is 5. The van der Waals surface area contributed by atoms with Crippen LogP contribution in [-0.4, -0.2) is 25.1 Å². The first-order chi connectivity index (χ1) is 12.1. The molecule has 1 aliphatic rings. The summed E-state index contributed by atoms with van der Waals surface area (Å²) in [4.78, 5) is 14.7. The lowest BCUT2D eigenvalue weighted by Crippen LogP contribution is -2.30. The van der Waals surface area contributed by atoms with E-state index < -0.39 is 6.10 Å². The number of benzene rings is 2. The van der Waals surface area contributed by atoms with Crippen molar-refractivity contribution >= 4 is 17.3 Å². The number of nitrogens with one attached hydrogen (secondary N) is 1. The van der Waals surface area contributed by atoms with Gasteiger partial charge in [0.2, 0.25) is 0 Å². The third kappa shape index (κ3) is 4.75. The van der Waals surface area contributed by atoms with E-state index in [1.54, 1.807) is 6.92 Å². The summed E-state index contributed by atoms with van der Waals surface area (Å²) in [7, 11) is 0. The summed E-state index contributed by atoms with van der Waals surface area (Å²) < 4.78 is 5.73. The first-order valence-corrected chi connectivity index (χ1v) is 9.01. The van der Waals surface area contributed by atoms with Gasteiger partial charge in [-0.3, -0.25) is 4.79 Å². The average Bonchev–Trinajstić information content (AvgIpc) is 2.63. The number of aryl methyl sites for hydroxylation is 1. The molecule has 1 fully saturated rings. The summed E-state index contributed by atoms with van der Waals surface area (Å²) in [6.45, 7) is 6.00. The second-order valence-corrected chi connectivity index (χ2v) is 6.66. The maximum Gasteiger partial charge on any atom is 0.265 e. The summed E-state index contributed by atoms with van der Waals surface area (Å²) in [5, 5.41) is 2.92. The SMILES string of the molecule is Cc1cccc(O[C@H](C)C(=O)Nc2ccc(N3CCCCC3)cc2)c1. The van der Waals surface area contributed by atoms with Gasteiger partial charge in [-0.1, -0.05) is 12.1 Å². The van der Waals surface area contributed by atoms with Gasteiger partial charge >= 0.3 is 0 Å². The molecule has 1 N–H and O–H groups in total. The van der Waals surface area contributed by atoms with Gasteiger partial charge in [-0.2, -0.15) is 0 Å². The molecule has 1 atom stereocenters. The predicted octanol–water partition coefficient (Wildman–Crippen LogP) is 4.39. The van der Waals surface area contributed by atoms with Gasteiger partial charge in [0.05, 0.1) is 0 Å². The van der Waals surface area contributed by atoms with Crippen molar-refractivity contribution in [3.05, 3.63) is 54.1 Å². The second-order valence-electron chi connectivity index (χ2n) is 6.66. The molecular formula is C21H26N2O2. The number of anilines is 2.